The number of rotatable bonds is 11. The summed E-state index contributed by atoms with van der Waals surface area (Å²) in [5.74, 6) is 1.43. The number of halogens is 2. The lowest BCUT2D eigenvalue weighted by Gasteiger charge is -2.16. The van der Waals surface area contributed by atoms with E-state index in [1.807, 2.05) is 6.92 Å². The monoisotopic (exact) mass is 274 g/mol. The SMILES string of the molecule is CCOP(CCCCCl)OCCCCCl. The molecule has 0 aliphatic rings. The van der Waals surface area contributed by atoms with Crippen LogP contribution in [0.2, 0.25) is 0 Å². The van der Waals surface area contributed by atoms with Gasteiger partial charge in [-0.05, 0) is 32.6 Å². The van der Waals surface area contributed by atoms with Gasteiger partial charge in [-0.3, -0.25) is 0 Å². The second-order valence-corrected chi connectivity index (χ2v) is 5.48. The summed E-state index contributed by atoms with van der Waals surface area (Å²) in [6.45, 7) is 3.49. The van der Waals surface area contributed by atoms with Crippen molar-refractivity contribution in [3.8, 4) is 0 Å². The van der Waals surface area contributed by atoms with Gasteiger partial charge in [-0.15, -0.1) is 23.2 Å². The summed E-state index contributed by atoms with van der Waals surface area (Å²) in [4.78, 5) is 0. The molecule has 92 valence electrons. The van der Waals surface area contributed by atoms with E-state index in [1.54, 1.807) is 0 Å². The van der Waals surface area contributed by atoms with Crippen molar-refractivity contribution in [3.63, 3.8) is 0 Å². The lowest BCUT2D eigenvalue weighted by molar-refractivity contribution is 0.254. The van der Waals surface area contributed by atoms with Gasteiger partial charge in [0.25, 0.3) is 0 Å². The van der Waals surface area contributed by atoms with E-state index in [-0.39, 0.29) is 0 Å². The molecule has 0 saturated carbocycles. The number of hydrogen-bond acceptors (Lipinski definition) is 2. The van der Waals surface area contributed by atoms with Crippen LogP contribution in [0.25, 0.3) is 0 Å². The van der Waals surface area contributed by atoms with Crippen LogP contribution < -0.4 is 0 Å². The zero-order chi connectivity index (χ0) is 11.4. The summed E-state index contributed by atoms with van der Waals surface area (Å²) >= 11 is 11.2. The Labute approximate surface area is 105 Å². The van der Waals surface area contributed by atoms with Crippen molar-refractivity contribution in [2.45, 2.75) is 32.6 Å². The van der Waals surface area contributed by atoms with E-state index in [9.17, 15) is 0 Å². The van der Waals surface area contributed by atoms with Crippen molar-refractivity contribution < 1.29 is 9.05 Å². The molecule has 0 N–H and O–H groups in total. The molecule has 0 amide bonds. The Bertz CT molecular complexity index is 128. The molecule has 0 saturated heterocycles. The quantitative estimate of drug-likeness (QED) is 0.316. The first-order chi connectivity index (χ1) is 7.35. The molecule has 2 nitrogen and oxygen atoms in total. The molecule has 1 atom stereocenters. The van der Waals surface area contributed by atoms with E-state index in [2.05, 4.69) is 0 Å². The third-order valence-electron chi connectivity index (χ3n) is 1.76. The second-order valence-electron chi connectivity index (χ2n) is 3.10. The van der Waals surface area contributed by atoms with Gasteiger partial charge in [-0.1, -0.05) is 0 Å². The topological polar surface area (TPSA) is 18.5 Å². The average molecular weight is 275 g/mol. The Morgan fingerprint density at radius 1 is 0.933 bits per heavy atom. The van der Waals surface area contributed by atoms with Gasteiger partial charge < -0.3 is 9.05 Å². The number of alkyl halides is 2. The van der Waals surface area contributed by atoms with Gasteiger partial charge in [0.1, 0.15) is 0 Å². The van der Waals surface area contributed by atoms with Crippen LogP contribution in [-0.4, -0.2) is 31.1 Å². The molecule has 0 heterocycles. The Morgan fingerprint density at radius 3 is 2.20 bits per heavy atom. The molecule has 0 aromatic rings. The Balaban J connectivity index is 3.44. The van der Waals surface area contributed by atoms with E-state index in [1.165, 1.54) is 0 Å². The van der Waals surface area contributed by atoms with E-state index in [0.29, 0.717) is 5.88 Å². The van der Waals surface area contributed by atoms with Crippen LogP contribution in [0.15, 0.2) is 0 Å². The first-order valence-corrected chi connectivity index (χ1v) is 7.93. The van der Waals surface area contributed by atoms with E-state index >= 15 is 0 Å². The Hall–Kier alpha value is 0.930. The zero-order valence-corrected chi connectivity index (χ0v) is 11.8. The summed E-state index contributed by atoms with van der Waals surface area (Å²) in [5.41, 5.74) is 0. The van der Waals surface area contributed by atoms with Crippen molar-refractivity contribution in [3.05, 3.63) is 0 Å². The van der Waals surface area contributed by atoms with Crippen LogP contribution in [0, 0.1) is 0 Å². The van der Waals surface area contributed by atoms with E-state index < -0.39 is 8.38 Å². The fourth-order valence-corrected chi connectivity index (χ4v) is 2.82. The molecule has 0 aromatic carbocycles. The number of unbranched alkanes of at least 4 members (excludes halogenated alkanes) is 2. The Kier molecular flexibility index (Phi) is 13.8. The molecule has 0 aliphatic carbocycles. The van der Waals surface area contributed by atoms with Gasteiger partial charge in [0.15, 0.2) is 8.38 Å². The van der Waals surface area contributed by atoms with Gasteiger partial charge in [0, 0.05) is 17.9 Å². The normalized spacial score (nSPS) is 13.0. The third-order valence-corrected chi connectivity index (χ3v) is 3.99. The summed E-state index contributed by atoms with van der Waals surface area (Å²) in [5, 5.41) is 0. The predicted octanol–water partition coefficient (Wildman–Crippen LogP) is 4.39. The largest absolute Gasteiger partial charge is 0.334 e. The van der Waals surface area contributed by atoms with Crippen LogP contribution in [0.4, 0.5) is 0 Å². The minimum atomic E-state index is -0.691. The third kappa shape index (κ3) is 11.2. The highest BCUT2D eigenvalue weighted by Crippen LogP contribution is 2.39. The fraction of sp³-hybridized carbons (Fsp3) is 1.00. The highest BCUT2D eigenvalue weighted by molar-refractivity contribution is 7.47. The maximum Gasteiger partial charge on any atom is 0.170 e. The van der Waals surface area contributed by atoms with Crippen LogP contribution in [0.3, 0.4) is 0 Å². The first kappa shape index (κ1) is 15.9. The van der Waals surface area contributed by atoms with Crippen molar-refractivity contribution in [1.82, 2.24) is 0 Å². The van der Waals surface area contributed by atoms with E-state index in [4.69, 9.17) is 32.2 Å². The van der Waals surface area contributed by atoms with Crippen LogP contribution in [0.1, 0.15) is 32.6 Å². The van der Waals surface area contributed by atoms with Crippen molar-refractivity contribution in [1.29, 1.82) is 0 Å². The predicted molar refractivity (Wildman–Crippen MR) is 69.3 cm³/mol. The zero-order valence-electron chi connectivity index (χ0n) is 9.38. The van der Waals surface area contributed by atoms with Crippen molar-refractivity contribution >= 4 is 31.6 Å². The molecule has 0 radical (unpaired) electrons. The van der Waals surface area contributed by atoms with Gasteiger partial charge >= 0.3 is 0 Å². The van der Waals surface area contributed by atoms with Gasteiger partial charge in [-0.25, -0.2) is 0 Å². The molecule has 0 fully saturated rings. The fourth-order valence-electron chi connectivity index (χ4n) is 1.01. The summed E-state index contributed by atoms with van der Waals surface area (Å²) in [7, 11) is -0.691. The molecular weight excluding hydrogens is 254 g/mol. The standard InChI is InChI=1S/C10H21Cl2O2P/c1-2-13-15(10-6-4-8-12)14-9-5-3-7-11/h2-10H2,1H3. The molecular formula is C10H21Cl2O2P. The molecule has 0 aliphatic heterocycles. The maximum atomic E-state index is 5.67. The molecule has 1 unspecified atom stereocenters. The maximum absolute atomic E-state index is 5.67. The van der Waals surface area contributed by atoms with Gasteiger partial charge in [0.05, 0.1) is 13.2 Å². The molecule has 5 heteroatoms. The molecule has 0 rings (SSSR count). The molecule has 15 heavy (non-hydrogen) atoms. The van der Waals surface area contributed by atoms with Crippen LogP contribution >= 0.6 is 31.6 Å². The van der Waals surface area contributed by atoms with Crippen molar-refractivity contribution in [2.24, 2.45) is 0 Å². The highest BCUT2D eigenvalue weighted by atomic mass is 35.5. The first-order valence-electron chi connectivity index (χ1n) is 5.50. The Morgan fingerprint density at radius 2 is 1.60 bits per heavy atom. The van der Waals surface area contributed by atoms with Crippen LogP contribution in [0.5, 0.6) is 0 Å². The average Bonchev–Trinajstić information content (AvgIpc) is 2.24. The highest BCUT2D eigenvalue weighted by Gasteiger charge is 2.08. The summed E-state index contributed by atoms with van der Waals surface area (Å²) in [6.07, 6.45) is 5.16. The van der Waals surface area contributed by atoms with Crippen LogP contribution in [-0.2, 0) is 9.05 Å². The molecule has 0 spiro atoms. The van der Waals surface area contributed by atoms with Crippen molar-refractivity contribution in [2.75, 3.05) is 31.1 Å². The minimum Gasteiger partial charge on any atom is -0.334 e. The van der Waals surface area contributed by atoms with E-state index in [0.717, 1.165) is 50.9 Å². The lowest BCUT2D eigenvalue weighted by atomic mass is 10.4. The van der Waals surface area contributed by atoms with Gasteiger partial charge in [0.2, 0.25) is 0 Å². The summed E-state index contributed by atoms with van der Waals surface area (Å²) in [6, 6.07) is 0. The lowest BCUT2D eigenvalue weighted by Crippen LogP contribution is -1.98. The van der Waals surface area contributed by atoms with Gasteiger partial charge in [-0.2, -0.15) is 0 Å². The number of hydrogen-bond donors (Lipinski definition) is 0. The summed E-state index contributed by atoms with van der Waals surface area (Å²) < 4.78 is 11.2. The minimum absolute atomic E-state index is 0.691. The molecule has 0 bridgehead atoms. The second kappa shape index (κ2) is 13.0. The smallest absolute Gasteiger partial charge is 0.170 e. The molecule has 0 aromatic heterocycles.